The van der Waals surface area contributed by atoms with Gasteiger partial charge in [-0.25, -0.2) is 4.79 Å². The van der Waals surface area contributed by atoms with Crippen molar-refractivity contribution in [3.05, 3.63) is 33.4 Å². The Bertz CT molecular complexity index is 428. The first kappa shape index (κ1) is 11.0. The Hall–Kier alpha value is -2.11. The van der Waals surface area contributed by atoms with Crippen LogP contribution in [0.25, 0.3) is 0 Å². The molecule has 0 spiro atoms. The minimum atomic E-state index is -0.606. The molecule has 0 aliphatic rings. The highest BCUT2D eigenvalue weighted by molar-refractivity contribution is 5.96. The van der Waals surface area contributed by atoms with Crippen LogP contribution in [0.4, 0.5) is 11.4 Å². The number of nitrogens with two attached hydrogens (primary N) is 1. The summed E-state index contributed by atoms with van der Waals surface area (Å²) in [5.41, 5.74) is 5.97. The SMILES string of the molecule is COC(=O)c1ccc([N+](=O)[O-])c(C)c1N. The van der Waals surface area contributed by atoms with Gasteiger partial charge in [-0.1, -0.05) is 0 Å². The van der Waals surface area contributed by atoms with E-state index in [1.165, 1.54) is 26.2 Å². The maximum Gasteiger partial charge on any atom is 0.339 e. The van der Waals surface area contributed by atoms with Gasteiger partial charge in [-0.05, 0) is 13.0 Å². The number of nitro groups is 1. The van der Waals surface area contributed by atoms with Crippen molar-refractivity contribution in [2.45, 2.75) is 6.92 Å². The predicted octanol–water partition coefficient (Wildman–Crippen LogP) is 1.27. The molecule has 0 saturated carbocycles. The zero-order valence-electron chi connectivity index (χ0n) is 8.31. The first-order chi connectivity index (χ1) is 6.99. The Labute approximate surface area is 85.8 Å². The highest BCUT2D eigenvalue weighted by atomic mass is 16.6. The summed E-state index contributed by atoms with van der Waals surface area (Å²) in [5.74, 6) is -0.606. The largest absolute Gasteiger partial charge is 0.465 e. The molecule has 0 fully saturated rings. The Morgan fingerprint density at radius 1 is 1.53 bits per heavy atom. The second kappa shape index (κ2) is 3.95. The molecule has 0 heterocycles. The predicted molar refractivity (Wildman–Crippen MR) is 53.6 cm³/mol. The van der Waals surface area contributed by atoms with Crippen molar-refractivity contribution in [2.75, 3.05) is 12.8 Å². The maximum atomic E-state index is 11.2. The summed E-state index contributed by atoms with van der Waals surface area (Å²) >= 11 is 0. The number of rotatable bonds is 2. The Balaban J connectivity index is 3.33. The summed E-state index contributed by atoms with van der Waals surface area (Å²) in [6.45, 7) is 1.49. The lowest BCUT2D eigenvalue weighted by atomic mass is 10.1. The molecule has 2 N–H and O–H groups in total. The van der Waals surface area contributed by atoms with Gasteiger partial charge in [-0.3, -0.25) is 10.1 Å². The van der Waals surface area contributed by atoms with E-state index in [1.54, 1.807) is 0 Å². The molecule has 0 radical (unpaired) electrons. The number of benzene rings is 1. The summed E-state index contributed by atoms with van der Waals surface area (Å²) in [6.07, 6.45) is 0. The fourth-order valence-corrected chi connectivity index (χ4v) is 1.20. The lowest BCUT2D eigenvalue weighted by molar-refractivity contribution is -0.385. The van der Waals surface area contributed by atoms with Crippen LogP contribution in [0.5, 0.6) is 0 Å². The highest BCUT2D eigenvalue weighted by Crippen LogP contribution is 2.26. The van der Waals surface area contributed by atoms with Crippen LogP contribution < -0.4 is 5.73 Å². The van der Waals surface area contributed by atoms with Crippen LogP contribution in [-0.4, -0.2) is 18.0 Å². The van der Waals surface area contributed by atoms with E-state index in [0.29, 0.717) is 0 Å². The van der Waals surface area contributed by atoms with Gasteiger partial charge in [0.15, 0.2) is 0 Å². The van der Waals surface area contributed by atoms with Crippen molar-refractivity contribution in [3.8, 4) is 0 Å². The molecule has 0 atom stereocenters. The zero-order valence-corrected chi connectivity index (χ0v) is 8.31. The van der Waals surface area contributed by atoms with Gasteiger partial charge < -0.3 is 10.5 Å². The van der Waals surface area contributed by atoms with E-state index in [1.807, 2.05) is 0 Å². The van der Waals surface area contributed by atoms with Crippen LogP contribution in [0.15, 0.2) is 12.1 Å². The smallest absolute Gasteiger partial charge is 0.339 e. The molecule has 6 heteroatoms. The fourth-order valence-electron chi connectivity index (χ4n) is 1.20. The molecule has 0 aliphatic carbocycles. The molecule has 0 bridgehead atoms. The van der Waals surface area contributed by atoms with Gasteiger partial charge in [0.1, 0.15) is 0 Å². The Morgan fingerprint density at radius 2 is 2.13 bits per heavy atom. The van der Waals surface area contributed by atoms with Crippen molar-refractivity contribution in [1.82, 2.24) is 0 Å². The van der Waals surface area contributed by atoms with Crippen molar-refractivity contribution < 1.29 is 14.5 Å². The average Bonchev–Trinajstić information content (AvgIpc) is 2.20. The molecule has 0 saturated heterocycles. The average molecular weight is 210 g/mol. The molecular formula is C9H10N2O4. The van der Waals surface area contributed by atoms with Crippen LogP contribution >= 0.6 is 0 Å². The van der Waals surface area contributed by atoms with E-state index in [0.717, 1.165) is 0 Å². The van der Waals surface area contributed by atoms with Crippen molar-refractivity contribution in [2.24, 2.45) is 0 Å². The standard InChI is InChI=1S/C9H10N2O4/c1-5-7(11(13)14)4-3-6(8(5)10)9(12)15-2/h3-4H,10H2,1-2H3. The number of esters is 1. The number of nitro benzene ring substituents is 1. The summed E-state index contributed by atoms with van der Waals surface area (Å²) in [5, 5.41) is 10.6. The second-order valence-corrected chi connectivity index (χ2v) is 2.92. The molecule has 0 unspecified atom stereocenters. The fraction of sp³-hybridized carbons (Fsp3) is 0.222. The third kappa shape index (κ3) is 1.88. The summed E-state index contributed by atoms with van der Waals surface area (Å²) in [4.78, 5) is 21.2. The molecular weight excluding hydrogens is 200 g/mol. The second-order valence-electron chi connectivity index (χ2n) is 2.92. The van der Waals surface area contributed by atoms with Gasteiger partial charge in [-0.2, -0.15) is 0 Å². The van der Waals surface area contributed by atoms with Gasteiger partial charge in [0.2, 0.25) is 0 Å². The van der Waals surface area contributed by atoms with Gasteiger partial charge in [0, 0.05) is 6.07 Å². The molecule has 0 amide bonds. The first-order valence-electron chi connectivity index (χ1n) is 4.10. The number of carbonyl (C=O) groups excluding carboxylic acids is 1. The van der Waals surface area contributed by atoms with E-state index < -0.39 is 10.9 Å². The lowest BCUT2D eigenvalue weighted by Crippen LogP contribution is -2.08. The number of ether oxygens (including phenoxy) is 1. The van der Waals surface area contributed by atoms with Gasteiger partial charge in [0.25, 0.3) is 5.69 Å². The third-order valence-electron chi connectivity index (χ3n) is 2.09. The van der Waals surface area contributed by atoms with Crippen molar-refractivity contribution >= 4 is 17.3 Å². The number of nitrogens with zero attached hydrogens (tertiary/aromatic N) is 1. The van der Waals surface area contributed by atoms with E-state index in [2.05, 4.69) is 4.74 Å². The van der Waals surface area contributed by atoms with Crippen molar-refractivity contribution in [3.63, 3.8) is 0 Å². The van der Waals surface area contributed by atoms with Gasteiger partial charge in [0.05, 0.1) is 28.8 Å². The minimum Gasteiger partial charge on any atom is -0.465 e. The number of hydrogen-bond acceptors (Lipinski definition) is 5. The molecule has 0 aliphatic heterocycles. The Morgan fingerprint density at radius 3 is 2.60 bits per heavy atom. The number of nitrogen functional groups attached to an aromatic ring is 1. The minimum absolute atomic E-state index is 0.0797. The summed E-state index contributed by atoms with van der Waals surface area (Å²) in [7, 11) is 1.22. The molecule has 15 heavy (non-hydrogen) atoms. The van der Waals surface area contributed by atoms with E-state index in [-0.39, 0.29) is 22.5 Å². The van der Waals surface area contributed by atoms with E-state index in [9.17, 15) is 14.9 Å². The normalized spacial score (nSPS) is 9.73. The van der Waals surface area contributed by atoms with Crippen LogP contribution in [0, 0.1) is 17.0 Å². The monoisotopic (exact) mass is 210 g/mol. The molecule has 1 aromatic rings. The van der Waals surface area contributed by atoms with Gasteiger partial charge in [-0.15, -0.1) is 0 Å². The topological polar surface area (TPSA) is 95.5 Å². The van der Waals surface area contributed by atoms with E-state index >= 15 is 0 Å². The molecule has 1 rings (SSSR count). The summed E-state index contributed by atoms with van der Waals surface area (Å²) < 4.78 is 4.48. The molecule has 1 aromatic carbocycles. The van der Waals surface area contributed by atoms with Crippen molar-refractivity contribution in [1.29, 1.82) is 0 Å². The maximum absolute atomic E-state index is 11.2. The number of anilines is 1. The number of hydrogen-bond donors (Lipinski definition) is 1. The van der Waals surface area contributed by atoms with Crippen LogP contribution in [0.2, 0.25) is 0 Å². The Kier molecular flexibility index (Phi) is 2.89. The van der Waals surface area contributed by atoms with Crippen LogP contribution in [-0.2, 0) is 4.74 Å². The lowest BCUT2D eigenvalue weighted by Gasteiger charge is -2.06. The number of carbonyl (C=O) groups is 1. The quantitative estimate of drug-likeness (QED) is 0.343. The zero-order chi connectivity index (χ0) is 11.6. The highest BCUT2D eigenvalue weighted by Gasteiger charge is 2.19. The number of methoxy groups -OCH3 is 1. The van der Waals surface area contributed by atoms with E-state index in [4.69, 9.17) is 5.73 Å². The third-order valence-corrected chi connectivity index (χ3v) is 2.09. The van der Waals surface area contributed by atoms with Crippen LogP contribution in [0.1, 0.15) is 15.9 Å². The van der Waals surface area contributed by atoms with Gasteiger partial charge >= 0.3 is 5.97 Å². The molecule has 80 valence electrons. The first-order valence-corrected chi connectivity index (χ1v) is 4.10. The molecule has 0 aromatic heterocycles. The summed E-state index contributed by atoms with van der Waals surface area (Å²) in [6, 6.07) is 2.52. The molecule has 6 nitrogen and oxygen atoms in total. The van der Waals surface area contributed by atoms with Crippen LogP contribution in [0.3, 0.4) is 0 Å².